The largest absolute Gasteiger partial charge is 0.493 e. The van der Waals surface area contributed by atoms with Gasteiger partial charge in [-0.15, -0.1) is 12.4 Å². The van der Waals surface area contributed by atoms with Crippen molar-refractivity contribution in [3.8, 4) is 17.2 Å². The minimum Gasteiger partial charge on any atom is -0.493 e. The average Bonchev–Trinajstić information content (AvgIpc) is 3.07. The van der Waals surface area contributed by atoms with Crippen LogP contribution >= 0.6 is 12.4 Å². The molecule has 1 heterocycles. The summed E-state index contributed by atoms with van der Waals surface area (Å²) in [5.74, 6) is 0.0421. The van der Waals surface area contributed by atoms with Crippen molar-refractivity contribution < 1.29 is 27.8 Å². The molecule has 1 aromatic rings. The summed E-state index contributed by atoms with van der Waals surface area (Å²) >= 11 is 0. The van der Waals surface area contributed by atoms with Crippen LogP contribution in [-0.4, -0.2) is 46.4 Å². The van der Waals surface area contributed by atoms with Crippen LogP contribution in [0.4, 0.5) is 8.78 Å². The summed E-state index contributed by atoms with van der Waals surface area (Å²) in [5, 5.41) is 6.10. The highest BCUT2D eigenvalue weighted by molar-refractivity contribution is 5.95. The summed E-state index contributed by atoms with van der Waals surface area (Å²) in [6, 6.07) is 2.71. The number of ether oxygens (including phenoxy) is 3. The first-order chi connectivity index (χ1) is 11.5. The van der Waals surface area contributed by atoms with E-state index in [2.05, 4.69) is 15.4 Å². The number of benzene rings is 1. The third-order valence-corrected chi connectivity index (χ3v) is 3.93. The number of nitrogens with one attached hydrogen (secondary N) is 2. The number of hydrogen-bond acceptors (Lipinski definition) is 5. The monoisotopic (exact) mass is 380 g/mol. The minimum absolute atomic E-state index is 0. The summed E-state index contributed by atoms with van der Waals surface area (Å²) in [5.41, 5.74) is 0.259. The van der Waals surface area contributed by atoms with E-state index in [1.165, 1.54) is 26.4 Å². The Hall–Kier alpha value is -1.80. The van der Waals surface area contributed by atoms with E-state index < -0.39 is 6.61 Å². The Labute approximate surface area is 151 Å². The van der Waals surface area contributed by atoms with Crippen molar-refractivity contribution >= 4 is 18.3 Å². The van der Waals surface area contributed by atoms with Crippen molar-refractivity contribution in [2.75, 3.05) is 33.9 Å². The van der Waals surface area contributed by atoms with E-state index in [0.717, 1.165) is 25.9 Å². The van der Waals surface area contributed by atoms with Gasteiger partial charge in [-0.1, -0.05) is 0 Å². The molecule has 1 amide bonds. The summed E-state index contributed by atoms with van der Waals surface area (Å²) in [6.45, 7) is -0.492. The van der Waals surface area contributed by atoms with E-state index in [-0.39, 0.29) is 41.1 Å². The van der Waals surface area contributed by atoms with E-state index in [1.807, 2.05) is 0 Å². The van der Waals surface area contributed by atoms with Crippen molar-refractivity contribution in [1.82, 2.24) is 10.6 Å². The van der Waals surface area contributed by atoms with Gasteiger partial charge in [-0.2, -0.15) is 8.78 Å². The van der Waals surface area contributed by atoms with E-state index in [0.29, 0.717) is 12.5 Å². The van der Waals surface area contributed by atoms with Crippen LogP contribution in [0, 0.1) is 5.92 Å². The normalized spacial score (nSPS) is 16.3. The highest BCUT2D eigenvalue weighted by atomic mass is 35.5. The van der Waals surface area contributed by atoms with Gasteiger partial charge in [-0.25, -0.2) is 0 Å². The zero-order valence-corrected chi connectivity index (χ0v) is 15.0. The maximum absolute atomic E-state index is 12.5. The highest BCUT2D eigenvalue weighted by Gasteiger charge is 2.21. The molecule has 1 aliphatic rings. The third-order valence-electron chi connectivity index (χ3n) is 3.93. The maximum atomic E-state index is 12.5. The first kappa shape index (κ1) is 21.2. The number of carbonyl (C=O) groups excluding carboxylic acids is 1. The molecule has 1 atom stereocenters. The molecule has 0 saturated carbocycles. The molecule has 1 saturated heterocycles. The molecule has 0 radical (unpaired) electrons. The molecule has 0 aliphatic carbocycles. The summed E-state index contributed by atoms with van der Waals surface area (Å²) in [7, 11) is 2.61. The van der Waals surface area contributed by atoms with Gasteiger partial charge in [0.15, 0.2) is 11.5 Å². The van der Waals surface area contributed by atoms with Gasteiger partial charge in [0.2, 0.25) is 5.75 Å². The fourth-order valence-corrected chi connectivity index (χ4v) is 2.67. The number of carbonyl (C=O) groups is 1. The van der Waals surface area contributed by atoms with Gasteiger partial charge in [-0.05, 0) is 44.0 Å². The van der Waals surface area contributed by atoms with Gasteiger partial charge >= 0.3 is 6.61 Å². The molecule has 9 heteroatoms. The fourth-order valence-electron chi connectivity index (χ4n) is 2.67. The van der Waals surface area contributed by atoms with Crippen LogP contribution in [0.2, 0.25) is 0 Å². The van der Waals surface area contributed by atoms with Gasteiger partial charge in [0, 0.05) is 12.1 Å². The first-order valence-electron chi connectivity index (χ1n) is 7.75. The van der Waals surface area contributed by atoms with Crippen molar-refractivity contribution in [1.29, 1.82) is 0 Å². The fraction of sp³-hybridized carbons (Fsp3) is 0.562. The predicted molar refractivity (Wildman–Crippen MR) is 91.4 cm³/mol. The molecule has 6 nitrogen and oxygen atoms in total. The topological polar surface area (TPSA) is 68.8 Å². The number of amides is 1. The highest BCUT2D eigenvalue weighted by Crippen LogP contribution is 2.39. The molecule has 2 rings (SSSR count). The number of hydrogen-bond donors (Lipinski definition) is 2. The molecule has 0 bridgehead atoms. The minimum atomic E-state index is -3.02. The van der Waals surface area contributed by atoms with Gasteiger partial charge in [0.25, 0.3) is 5.91 Å². The number of methoxy groups -OCH3 is 2. The van der Waals surface area contributed by atoms with Crippen LogP contribution in [0.15, 0.2) is 12.1 Å². The van der Waals surface area contributed by atoms with Crippen molar-refractivity contribution in [3.63, 3.8) is 0 Å². The van der Waals surface area contributed by atoms with Crippen molar-refractivity contribution in [2.24, 2.45) is 5.92 Å². The lowest BCUT2D eigenvalue weighted by Crippen LogP contribution is -2.26. The van der Waals surface area contributed by atoms with Crippen LogP contribution < -0.4 is 24.8 Å². The number of halogens is 3. The van der Waals surface area contributed by atoms with Crippen LogP contribution in [-0.2, 0) is 0 Å². The van der Waals surface area contributed by atoms with E-state index in [9.17, 15) is 13.6 Å². The molecular formula is C16H23ClF2N2O4. The van der Waals surface area contributed by atoms with E-state index in [1.54, 1.807) is 0 Å². The molecule has 1 fully saturated rings. The summed E-state index contributed by atoms with van der Waals surface area (Å²) in [6.07, 6.45) is 2.00. The van der Waals surface area contributed by atoms with E-state index in [4.69, 9.17) is 9.47 Å². The van der Waals surface area contributed by atoms with Gasteiger partial charge in [0.1, 0.15) is 0 Å². The molecule has 0 aromatic heterocycles. The van der Waals surface area contributed by atoms with E-state index >= 15 is 0 Å². The van der Waals surface area contributed by atoms with Crippen LogP contribution in [0.25, 0.3) is 0 Å². The quantitative estimate of drug-likeness (QED) is 0.725. The molecule has 25 heavy (non-hydrogen) atoms. The standard InChI is InChI=1S/C16H22F2N2O4.ClH/c1-22-12-7-11(8-13(23-2)14(12)24-16(17)18)15(21)20-6-4-10-3-5-19-9-10;/h7-8,10,16,19H,3-6,9H2,1-2H3,(H,20,21);1H. The summed E-state index contributed by atoms with van der Waals surface area (Å²) < 4.78 is 39.5. The molecule has 2 N–H and O–H groups in total. The van der Waals surface area contributed by atoms with Crippen molar-refractivity contribution in [2.45, 2.75) is 19.5 Å². The third kappa shape index (κ3) is 5.89. The zero-order valence-electron chi connectivity index (χ0n) is 14.1. The zero-order chi connectivity index (χ0) is 17.5. The smallest absolute Gasteiger partial charge is 0.387 e. The number of rotatable bonds is 8. The summed E-state index contributed by atoms with van der Waals surface area (Å²) in [4.78, 5) is 12.3. The molecule has 1 aromatic carbocycles. The Morgan fingerprint density at radius 1 is 1.32 bits per heavy atom. The number of alkyl halides is 2. The van der Waals surface area contributed by atoms with Gasteiger partial charge in [0.05, 0.1) is 14.2 Å². The maximum Gasteiger partial charge on any atom is 0.387 e. The first-order valence-corrected chi connectivity index (χ1v) is 7.75. The molecule has 142 valence electrons. The Kier molecular flexibility index (Phi) is 8.71. The predicted octanol–water partition coefficient (Wildman–Crippen LogP) is 2.46. The Balaban J connectivity index is 0.00000312. The second-order valence-corrected chi connectivity index (χ2v) is 5.49. The SMILES string of the molecule is COc1cc(C(=O)NCCC2CCNC2)cc(OC)c1OC(F)F.Cl. The molecular weight excluding hydrogens is 358 g/mol. The second-order valence-electron chi connectivity index (χ2n) is 5.49. The molecule has 0 spiro atoms. The lowest BCUT2D eigenvalue weighted by Gasteiger charge is -2.15. The lowest BCUT2D eigenvalue weighted by molar-refractivity contribution is -0.0526. The van der Waals surface area contributed by atoms with Crippen LogP contribution in [0.3, 0.4) is 0 Å². The lowest BCUT2D eigenvalue weighted by atomic mass is 10.1. The van der Waals surface area contributed by atoms with Gasteiger partial charge < -0.3 is 24.8 Å². The Bertz CT molecular complexity index is 544. The Morgan fingerprint density at radius 3 is 2.44 bits per heavy atom. The average molecular weight is 381 g/mol. The molecule has 1 unspecified atom stereocenters. The van der Waals surface area contributed by atoms with Gasteiger partial charge in [-0.3, -0.25) is 4.79 Å². The Morgan fingerprint density at radius 2 is 1.96 bits per heavy atom. The van der Waals surface area contributed by atoms with Crippen molar-refractivity contribution in [3.05, 3.63) is 17.7 Å². The van der Waals surface area contributed by atoms with Crippen LogP contribution in [0.5, 0.6) is 17.2 Å². The second kappa shape index (κ2) is 10.2. The van der Waals surface area contributed by atoms with Crippen LogP contribution in [0.1, 0.15) is 23.2 Å². The molecule has 1 aliphatic heterocycles.